The van der Waals surface area contributed by atoms with E-state index in [0.29, 0.717) is 10.5 Å². The smallest absolute Gasteiger partial charge is 0.137 e. The van der Waals surface area contributed by atoms with E-state index in [4.69, 9.17) is 4.74 Å². The van der Waals surface area contributed by atoms with Gasteiger partial charge >= 0.3 is 0 Å². The molecule has 1 unspecified atom stereocenters. The first-order chi connectivity index (χ1) is 9.17. The van der Waals surface area contributed by atoms with Crippen LogP contribution in [0.25, 0.3) is 0 Å². The van der Waals surface area contributed by atoms with Crippen LogP contribution in [0.3, 0.4) is 0 Å². The monoisotopic (exact) mass is 331 g/mol. The van der Waals surface area contributed by atoms with Crippen molar-refractivity contribution in [1.82, 2.24) is 5.32 Å². The fourth-order valence-corrected chi connectivity index (χ4v) is 2.37. The summed E-state index contributed by atoms with van der Waals surface area (Å²) in [5, 5.41) is 3.52. The van der Waals surface area contributed by atoms with Crippen LogP contribution in [0.5, 0.6) is 0 Å². The SMILES string of the molecule is CCCNC(CCOCC)Cc1ccc(F)c(Br)c1. The number of ether oxygens (including phenoxy) is 1. The summed E-state index contributed by atoms with van der Waals surface area (Å²) in [6.07, 6.45) is 2.98. The highest BCUT2D eigenvalue weighted by molar-refractivity contribution is 9.10. The van der Waals surface area contributed by atoms with Gasteiger partial charge in [-0.3, -0.25) is 0 Å². The molecule has 0 aliphatic carbocycles. The van der Waals surface area contributed by atoms with E-state index in [0.717, 1.165) is 44.6 Å². The largest absolute Gasteiger partial charge is 0.382 e. The van der Waals surface area contributed by atoms with Gasteiger partial charge in [0.2, 0.25) is 0 Å². The van der Waals surface area contributed by atoms with Crippen molar-refractivity contribution in [1.29, 1.82) is 0 Å². The number of halogens is 2. The van der Waals surface area contributed by atoms with Crippen LogP contribution in [0.15, 0.2) is 22.7 Å². The zero-order valence-corrected chi connectivity index (χ0v) is 13.3. The lowest BCUT2D eigenvalue weighted by molar-refractivity contribution is 0.136. The van der Waals surface area contributed by atoms with Gasteiger partial charge in [-0.25, -0.2) is 4.39 Å². The standard InChI is InChI=1S/C15H23BrFNO/c1-3-8-18-13(7-9-19-4-2)10-12-5-6-15(17)14(16)11-12/h5-6,11,13,18H,3-4,7-10H2,1-2H3. The maximum atomic E-state index is 13.2. The Balaban J connectivity index is 2.56. The topological polar surface area (TPSA) is 21.3 Å². The number of nitrogens with one attached hydrogen (secondary N) is 1. The molecule has 1 atom stereocenters. The number of hydrogen-bond acceptors (Lipinski definition) is 2. The summed E-state index contributed by atoms with van der Waals surface area (Å²) in [4.78, 5) is 0. The Morgan fingerprint density at radius 1 is 1.37 bits per heavy atom. The third kappa shape index (κ3) is 6.50. The summed E-state index contributed by atoms with van der Waals surface area (Å²) < 4.78 is 19.2. The van der Waals surface area contributed by atoms with E-state index in [1.54, 1.807) is 0 Å². The lowest BCUT2D eigenvalue weighted by Gasteiger charge is -2.18. The van der Waals surface area contributed by atoms with Crippen LogP contribution < -0.4 is 5.32 Å². The van der Waals surface area contributed by atoms with Gasteiger partial charge in [-0.05, 0) is 66.4 Å². The molecule has 1 N–H and O–H groups in total. The Hall–Kier alpha value is -0.450. The molecule has 0 aliphatic heterocycles. The number of benzene rings is 1. The Morgan fingerprint density at radius 2 is 2.16 bits per heavy atom. The van der Waals surface area contributed by atoms with E-state index < -0.39 is 0 Å². The molecule has 0 heterocycles. The van der Waals surface area contributed by atoms with Gasteiger partial charge < -0.3 is 10.1 Å². The molecule has 0 bridgehead atoms. The van der Waals surface area contributed by atoms with Crippen molar-refractivity contribution in [2.45, 2.75) is 39.2 Å². The predicted octanol–water partition coefficient (Wildman–Crippen LogP) is 3.93. The van der Waals surface area contributed by atoms with Crippen molar-refractivity contribution in [3.8, 4) is 0 Å². The summed E-state index contributed by atoms with van der Waals surface area (Å²) in [6.45, 7) is 6.68. The van der Waals surface area contributed by atoms with Crippen LogP contribution >= 0.6 is 15.9 Å². The highest BCUT2D eigenvalue weighted by atomic mass is 79.9. The third-order valence-corrected chi connectivity index (χ3v) is 3.57. The Labute approximate surface area is 123 Å². The van der Waals surface area contributed by atoms with Crippen molar-refractivity contribution >= 4 is 15.9 Å². The Bertz CT molecular complexity index is 373. The van der Waals surface area contributed by atoms with E-state index in [1.807, 2.05) is 19.1 Å². The maximum absolute atomic E-state index is 13.2. The zero-order chi connectivity index (χ0) is 14.1. The lowest BCUT2D eigenvalue weighted by Crippen LogP contribution is -2.33. The van der Waals surface area contributed by atoms with Gasteiger partial charge in [0.15, 0.2) is 0 Å². The molecule has 0 aliphatic rings. The van der Waals surface area contributed by atoms with E-state index >= 15 is 0 Å². The molecule has 0 spiro atoms. The predicted molar refractivity (Wildman–Crippen MR) is 81.0 cm³/mol. The Morgan fingerprint density at radius 3 is 2.79 bits per heavy atom. The second-order valence-corrected chi connectivity index (χ2v) is 5.44. The molecule has 0 fully saturated rings. The van der Waals surface area contributed by atoms with Gasteiger partial charge in [0.05, 0.1) is 4.47 Å². The molecule has 0 aromatic heterocycles. The minimum absolute atomic E-state index is 0.212. The first kappa shape index (κ1) is 16.6. The molecule has 0 saturated heterocycles. The number of rotatable bonds is 9. The molecular formula is C15H23BrFNO. The summed E-state index contributed by atoms with van der Waals surface area (Å²) in [5.74, 6) is -0.212. The van der Waals surface area contributed by atoms with Crippen LogP contribution in [0.4, 0.5) is 4.39 Å². The average Bonchev–Trinajstić information content (AvgIpc) is 2.40. The van der Waals surface area contributed by atoms with E-state index in [9.17, 15) is 4.39 Å². The molecule has 1 aromatic carbocycles. The summed E-state index contributed by atoms with van der Waals surface area (Å²) in [5.41, 5.74) is 1.14. The summed E-state index contributed by atoms with van der Waals surface area (Å²) in [6, 6.07) is 5.60. The van der Waals surface area contributed by atoms with E-state index in [1.165, 1.54) is 6.07 Å². The van der Waals surface area contributed by atoms with Crippen LogP contribution in [-0.4, -0.2) is 25.8 Å². The van der Waals surface area contributed by atoms with Crippen LogP contribution in [0, 0.1) is 5.82 Å². The highest BCUT2D eigenvalue weighted by Gasteiger charge is 2.10. The molecule has 0 radical (unpaired) electrons. The molecule has 4 heteroatoms. The fourth-order valence-electron chi connectivity index (χ4n) is 1.95. The van der Waals surface area contributed by atoms with Gasteiger partial charge in [0.25, 0.3) is 0 Å². The minimum atomic E-state index is -0.212. The molecule has 0 saturated carbocycles. The molecule has 108 valence electrons. The fraction of sp³-hybridized carbons (Fsp3) is 0.600. The van der Waals surface area contributed by atoms with Gasteiger partial charge in [-0.15, -0.1) is 0 Å². The van der Waals surface area contributed by atoms with Gasteiger partial charge in [0.1, 0.15) is 5.82 Å². The van der Waals surface area contributed by atoms with Crippen LogP contribution in [0.1, 0.15) is 32.3 Å². The van der Waals surface area contributed by atoms with Crippen molar-refractivity contribution < 1.29 is 9.13 Å². The summed E-state index contributed by atoms with van der Waals surface area (Å²) in [7, 11) is 0. The van der Waals surface area contributed by atoms with Crippen molar-refractivity contribution in [2.75, 3.05) is 19.8 Å². The first-order valence-corrected chi connectivity index (χ1v) is 7.71. The van der Waals surface area contributed by atoms with Crippen molar-refractivity contribution in [3.05, 3.63) is 34.1 Å². The zero-order valence-electron chi connectivity index (χ0n) is 11.7. The molecule has 19 heavy (non-hydrogen) atoms. The third-order valence-electron chi connectivity index (χ3n) is 2.96. The second kappa shape index (κ2) is 9.45. The van der Waals surface area contributed by atoms with Crippen molar-refractivity contribution in [2.24, 2.45) is 0 Å². The molecule has 1 aromatic rings. The molecule has 1 rings (SSSR count). The van der Waals surface area contributed by atoms with Crippen LogP contribution in [-0.2, 0) is 11.2 Å². The van der Waals surface area contributed by atoms with Gasteiger partial charge in [-0.2, -0.15) is 0 Å². The average molecular weight is 332 g/mol. The molecular weight excluding hydrogens is 309 g/mol. The van der Waals surface area contributed by atoms with E-state index in [2.05, 4.69) is 28.2 Å². The summed E-state index contributed by atoms with van der Waals surface area (Å²) >= 11 is 3.23. The van der Waals surface area contributed by atoms with Crippen molar-refractivity contribution in [3.63, 3.8) is 0 Å². The quantitative estimate of drug-likeness (QED) is 0.692. The molecule has 2 nitrogen and oxygen atoms in total. The van der Waals surface area contributed by atoms with Gasteiger partial charge in [-0.1, -0.05) is 13.0 Å². The van der Waals surface area contributed by atoms with E-state index in [-0.39, 0.29) is 5.82 Å². The maximum Gasteiger partial charge on any atom is 0.137 e. The Kier molecular flexibility index (Phi) is 8.26. The molecule has 0 amide bonds. The lowest BCUT2D eigenvalue weighted by atomic mass is 10.0. The van der Waals surface area contributed by atoms with Gasteiger partial charge in [0, 0.05) is 19.3 Å². The highest BCUT2D eigenvalue weighted by Crippen LogP contribution is 2.18. The second-order valence-electron chi connectivity index (χ2n) is 4.59. The van der Waals surface area contributed by atoms with Crippen LogP contribution in [0.2, 0.25) is 0 Å². The number of hydrogen-bond donors (Lipinski definition) is 1. The normalized spacial score (nSPS) is 12.6. The first-order valence-electron chi connectivity index (χ1n) is 6.92. The minimum Gasteiger partial charge on any atom is -0.382 e.